The highest BCUT2D eigenvalue weighted by atomic mass is 16.1. The Labute approximate surface area is 60.0 Å². The average molecular weight is 138 g/mol. The predicted molar refractivity (Wildman–Crippen MR) is 42.0 cm³/mol. The summed E-state index contributed by atoms with van der Waals surface area (Å²) in [6.07, 6.45) is 5.80. The minimum absolute atomic E-state index is 0.404. The molecule has 0 rings (SSSR count). The number of hydrogen-bond acceptors (Lipinski definition) is 3. The molecule has 0 saturated carbocycles. The van der Waals surface area contributed by atoms with E-state index in [-0.39, 0.29) is 0 Å². The maximum Gasteiger partial charge on any atom is 0.167 e. The third-order valence-corrected chi connectivity index (χ3v) is 0.921. The molecule has 0 spiro atoms. The van der Waals surface area contributed by atoms with Crippen LogP contribution in [0.5, 0.6) is 0 Å². The van der Waals surface area contributed by atoms with Crippen molar-refractivity contribution in [3.63, 3.8) is 0 Å². The standard InChI is InChI=1S/C7H10N2O/c1-9-7(6-10)4-2-3-5-8/h2,4-6,8H,3H2,1H3/b4-2-,8-5?,9-7?. The first kappa shape index (κ1) is 8.75. The molecule has 54 valence electrons. The van der Waals surface area contributed by atoms with Crippen molar-refractivity contribution in [2.24, 2.45) is 4.99 Å². The van der Waals surface area contributed by atoms with Crippen LogP contribution in [0.4, 0.5) is 0 Å². The number of aldehydes is 1. The lowest BCUT2D eigenvalue weighted by Crippen LogP contribution is -1.92. The zero-order chi connectivity index (χ0) is 7.82. The first-order chi connectivity index (χ1) is 4.85. The Hall–Kier alpha value is -1.25. The van der Waals surface area contributed by atoms with Crippen LogP contribution in [0.15, 0.2) is 17.1 Å². The zero-order valence-corrected chi connectivity index (χ0v) is 5.87. The average Bonchev–Trinajstić information content (AvgIpc) is 1.99. The molecule has 0 aliphatic rings. The Balaban J connectivity index is 3.84. The SMILES string of the molecule is CN=C(C=O)/C=C\CC=N. The number of nitrogens with one attached hydrogen (secondary N) is 1. The molecular formula is C7H10N2O. The monoisotopic (exact) mass is 138 g/mol. The highest BCUT2D eigenvalue weighted by Gasteiger charge is 1.83. The normalized spacial score (nSPS) is 11.9. The summed E-state index contributed by atoms with van der Waals surface area (Å²) in [6.45, 7) is 0. The van der Waals surface area contributed by atoms with Gasteiger partial charge in [-0.3, -0.25) is 9.79 Å². The van der Waals surface area contributed by atoms with E-state index in [1.165, 1.54) is 6.21 Å². The molecule has 0 aliphatic carbocycles. The molecule has 0 aromatic heterocycles. The van der Waals surface area contributed by atoms with Crippen molar-refractivity contribution in [2.75, 3.05) is 7.05 Å². The van der Waals surface area contributed by atoms with Crippen LogP contribution in [0.3, 0.4) is 0 Å². The van der Waals surface area contributed by atoms with Gasteiger partial charge in [0, 0.05) is 13.5 Å². The van der Waals surface area contributed by atoms with Gasteiger partial charge in [0.1, 0.15) is 0 Å². The van der Waals surface area contributed by atoms with Crippen LogP contribution in [0.1, 0.15) is 6.42 Å². The van der Waals surface area contributed by atoms with Gasteiger partial charge in [-0.05, 0) is 12.3 Å². The van der Waals surface area contributed by atoms with Gasteiger partial charge in [-0.25, -0.2) is 0 Å². The summed E-state index contributed by atoms with van der Waals surface area (Å²) < 4.78 is 0. The maximum atomic E-state index is 10.1. The predicted octanol–water partition coefficient (Wildman–Crippen LogP) is 0.852. The van der Waals surface area contributed by atoms with Crippen molar-refractivity contribution in [3.8, 4) is 0 Å². The van der Waals surface area contributed by atoms with E-state index < -0.39 is 0 Å². The summed E-state index contributed by atoms with van der Waals surface area (Å²) in [5.74, 6) is 0. The molecule has 0 aromatic rings. The van der Waals surface area contributed by atoms with E-state index in [2.05, 4.69) is 4.99 Å². The lowest BCUT2D eigenvalue weighted by Gasteiger charge is -1.82. The molecule has 0 saturated heterocycles. The molecule has 0 aromatic carbocycles. The van der Waals surface area contributed by atoms with Crippen LogP contribution in [-0.2, 0) is 4.79 Å². The largest absolute Gasteiger partial charge is 0.313 e. The van der Waals surface area contributed by atoms with E-state index in [1.54, 1.807) is 19.2 Å². The molecule has 10 heavy (non-hydrogen) atoms. The molecule has 0 unspecified atom stereocenters. The molecule has 0 atom stereocenters. The Morgan fingerprint density at radius 1 is 1.70 bits per heavy atom. The van der Waals surface area contributed by atoms with Gasteiger partial charge < -0.3 is 5.41 Å². The number of allylic oxidation sites excluding steroid dienone is 2. The van der Waals surface area contributed by atoms with E-state index in [4.69, 9.17) is 5.41 Å². The maximum absolute atomic E-state index is 10.1. The second kappa shape index (κ2) is 5.88. The van der Waals surface area contributed by atoms with Gasteiger partial charge >= 0.3 is 0 Å². The number of carbonyl (C=O) groups excluding carboxylic acids is 1. The molecule has 0 radical (unpaired) electrons. The number of carbonyl (C=O) groups is 1. The number of aliphatic imine (C=N–C) groups is 1. The van der Waals surface area contributed by atoms with Crippen molar-refractivity contribution in [1.82, 2.24) is 0 Å². The van der Waals surface area contributed by atoms with Gasteiger partial charge in [0.2, 0.25) is 0 Å². The summed E-state index contributed by atoms with van der Waals surface area (Å²) in [4.78, 5) is 13.8. The fourth-order valence-electron chi connectivity index (χ4n) is 0.423. The van der Waals surface area contributed by atoms with Crippen LogP contribution >= 0.6 is 0 Å². The third kappa shape index (κ3) is 3.72. The summed E-state index contributed by atoms with van der Waals surface area (Å²) >= 11 is 0. The fraction of sp³-hybridized carbons (Fsp3) is 0.286. The zero-order valence-electron chi connectivity index (χ0n) is 5.87. The van der Waals surface area contributed by atoms with E-state index in [1.807, 2.05) is 0 Å². The Morgan fingerprint density at radius 3 is 2.80 bits per heavy atom. The summed E-state index contributed by atoms with van der Waals surface area (Å²) in [7, 11) is 1.55. The lowest BCUT2D eigenvalue weighted by atomic mass is 10.3. The second-order valence-corrected chi connectivity index (χ2v) is 1.61. The van der Waals surface area contributed by atoms with Crippen molar-refractivity contribution < 1.29 is 4.79 Å². The smallest absolute Gasteiger partial charge is 0.167 e. The van der Waals surface area contributed by atoms with Crippen LogP contribution in [0, 0.1) is 5.41 Å². The molecule has 0 aliphatic heterocycles. The number of rotatable bonds is 4. The van der Waals surface area contributed by atoms with Gasteiger partial charge in [0.05, 0.1) is 5.71 Å². The van der Waals surface area contributed by atoms with Gasteiger partial charge in [0.15, 0.2) is 6.29 Å². The molecule has 3 nitrogen and oxygen atoms in total. The highest BCUT2D eigenvalue weighted by Crippen LogP contribution is 1.80. The minimum Gasteiger partial charge on any atom is -0.313 e. The Morgan fingerprint density at radius 2 is 2.40 bits per heavy atom. The summed E-state index contributed by atoms with van der Waals surface area (Å²) in [5, 5.41) is 6.66. The van der Waals surface area contributed by atoms with E-state index >= 15 is 0 Å². The highest BCUT2D eigenvalue weighted by molar-refractivity contribution is 6.33. The molecule has 0 fully saturated rings. The van der Waals surface area contributed by atoms with E-state index in [0.29, 0.717) is 18.4 Å². The Bertz CT molecular complexity index is 170. The van der Waals surface area contributed by atoms with Gasteiger partial charge in [-0.1, -0.05) is 6.08 Å². The van der Waals surface area contributed by atoms with E-state index in [0.717, 1.165) is 0 Å². The van der Waals surface area contributed by atoms with Crippen molar-refractivity contribution in [1.29, 1.82) is 5.41 Å². The molecular weight excluding hydrogens is 128 g/mol. The van der Waals surface area contributed by atoms with Crippen LogP contribution in [0.2, 0.25) is 0 Å². The first-order valence-corrected chi connectivity index (χ1v) is 2.92. The topological polar surface area (TPSA) is 53.3 Å². The number of nitrogens with zero attached hydrogens (tertiary/aromatic N) is 1. The fourth-order valence-corrected chi connectivity index (χ4v) is 0.423. The van der Waals surface area contributed by atoms with Gasteiger partial charge in [-0.15, -0.1) is 0 Å². The molecule has 0 heterocycles. The number of hydrogen-bond donors (Lipinski definition) is 1. The van der Waals surface area contributed by atoms with E-state index in [9.17, 15) is 4.79 Å². The van der Waals surface area contributed by atoms with Crippen molar-refractivity contribution in [2.45, 2.75) is 6.42 Å². The molecule has 0 bridgehead atoms. The van der Waals surface area contributed by atoms with Crippen LogP contribution in [-0.4, -0.2) is 25.3 Å². The van der Waals surface area contributed by atoms with Gasteiger partial charge in [0.25, 0.3) is 0 Å². The second-order valence-electron chi connectivity index (χ2n) is 1.61. The first-order valence-electron chi connectivity index (χ1n) is 2.92. The third-order valence-electron chi connectivity index (χ3n) is 0.921. The summed E-state index contributed by atoms with van der Waals surface area (Å²) in [5.41, 5.74) is 0.404. The molecule has 0 amide bonds. The lowest BCUT2D eigenvalue weighted by molar-refractivity contribution is -0.102. The quantitative estimate of drug-likeness (QED) is 0.454. The summed E-state index contributed by atoms with van der Waals surface area (Å²) in [6, 6.07) is 0. The Kier molecular flexibility index (Phi) is 5.14. The van der Waals surface area contributed by atoms with Gasteiger partial charge in [-0.2, -0.15) is 0 Å². The minimum atomic E-state index is 0.404. The van der Waals surface area contributed by atoms with Crippen LogP contribution in [0.25, 0.3) is 0 Å². The molecule has 3 heteroatoms. The van der Waals surface area contributed by atoms with Crippen molar-refractivity contribution >= 4 is 18.2 Å². The molecule has 1 N–H and O–H groups in total. The van der Waals surface area contributed by atoms with Crippen LogP contribution < -0.4 is 0 Å². The van der Waals surface area contributed by atoms with Crippen molar-refractivity contribution in [3.05, 3.63) is 12.2 Å².